The van der Waals surface area contributed by atoms with Gasteiger partial charge in [0.05, 0.1) is 0 Å². The number of fused-ring (bicyclic) bond motifs is 6. The molecule has 0 saturated heterocycles. The average Bonchev–Trinajstić information content (AvgIpc) is 3.78. The fourth-order valence-electron chi connectivity index (χ4n) is 9.21. The number of anilines is 3. The Hall–Kier alpha value is -7.43. The van der Waals surface area contributed by atoms with Gasteiger partial charge in [-0.15, -0.1) is 0 Å². The van der Waals surface area contributed by atoms with E-state index >= 15 is 0 Å². The van der Waals surface area contributed by atoms with Gasteiger partial charge in [-0.25, -0.2) is 15.0 Å². The molecule has 4 heteroatoms. The smallest absolute Gasteiger partial charge is 0.164 e. The van der Waals surface area contributed by atoms with E-state index in [4.69, 9.17) is 15.0 Å². The molecule has 280 valence electrons. The maximum Gasteiger partial charge on any atom is 0.164 e. The van der Waals surface area contributed by atoms with Crippen LogP contribution in [0.3, 0.4) is 0 Å². The van der Waals surface area contributed by atoms with E-state index in [0.717, 1.165) is 40.2 Å². The van der Waals surface area contributed by atoms with Gasteiger partial charge in [0.1, 0.15) is 0 Å². The Morgan fingerprint density at radius 2 is 0.881 bits per heavy atom. The Balaban J connectivity index is 1.03. The molecule has 0 radical (unpaired) electrons. The van der Waals surface area contributed by atoms with Crippen LogP contribution in [0.4, 0.5) is 17.1 Å². The lowest BCUT2D eigenvalue weighted by atomic mass is 9.82. The highest BCUT2D eigenvalue weighted by Crippen LogP contribution is 2.51. The zero-order chi connectivity index (χ0) is 39.5. The first-order chi connectivity index (χ1) is 29.0. The van der Waals surface area contributed by atoms with Crippen molar-refractivity contribution in [3.63, 3.8) is 0 Å². The van der Waals surface area contributed by atoms with E-state index in [-0.39, 0.29) is 5.41 Å². The molecule has 0 aliphatic heterocycles. The topological polar surface area (TPSA) is 41.9 Å². The van der Waals surface area contributed by atoms with Crippen molar-refractivity contribution in [2.24, 2.45) is 0 Å². The highest BCUT2D eigenvalue weighted by atomic mass is 15.1. The van der Waals surface area contributed by atoms with Crippen molar-refractivity contribution in [1.82, 2.24) is 15.0 Å². The second kappa shape index (κ2) is 13.9. The van der Waals surface area contributed by atoms with Gasteiger partial charge in [0.2, 0.25) is 0 Å². The van der Waals surface area contributed by atoms with Gasteiger partial charge in [-0.2, -0.15) is 0 Å². The molecule has 0 bridgehead atoms. The summed E-state index contributed by atoms with van der Waals surface area (Å²) in [6.45, 7) is 4.70. The highest BCUT2D eigenvalue weighted by Gasteiger charge is 2.36. The van der Waals surface area contributed by atoms with Crippen molar-refractivity contribution < 1.29 is 0 Å². The molecule has 9 aromatic rings. The molecule has 4 nitrogen and oxygen atoms in total. The minimum absolute atomic E-state index is 0.115. The molecule has 1 aromatic heterocycles. The summed E-state index contributed by atoms with van der Waals surface area (Å²) >= 11 is 0. The summed E-state index contributed by atoms with van der Waals surface area (Å²) < 4.78 is 0. The fourth-order valence-corrected chi connectivity index (χ4v) is 9.21. The Labute approximate surface area is 345 Å². The molecule has 1 heterocycles. The van der Waals surface area contributed by atoms with Gasteiger partial charge in [-0.05, 0) is 98.5 Å². The second-order valence-corrected chi connectivity index (χ2v) is 16.0. The van der Waals surface area contributed by atoms with Crippen LogP contribution in [0.1, 0.15) is 36.1 Å². The van der Waals surface area contributed by atoms with E-state index < -0.39 is 0 Å². The third-order valence-corrected chi connectivity index (χ3v) is 12.1. The first-order valence-corrected chi connectivity index (χ1v) is 20.3. The van der Waals surface area contributed by atoms with Gasteiger partial charge in [-0.1, -0.05) is 172 Å². The molecule has 0 amide bonds. The predicted octanol–water partition coefficient (Wildman–Crippen LogP) is 13.9. The standard InChI is InChI=1S/C55H40N4/c1-55(2)49-24-13-12-22-46(49)47-32-30-44(35-50(47)55)59(42-27-25-37(26-28-42)36-15-6-3-7-16-36)43-29-31-45-41(34-43)33-40-21-14-23-48(51(40)45)54-57-52(38-17-8-4-9-18-38)56-53(58-54)39-19-10-5-11-20-39/h3-32,34-35H,33H2,1-2H3. The van der Waals surface area contributed by atoms with E-state index in [2.05, 4.69) is 176 Å². The zero-order valence-electron chi connectivity index (χ0n) is 33.0. The molecule has 2 aliphatic carbocycles. The van der Waals surface area contributed by atoms with Crippen LogP contribution in [0.25, 0.3) is 67.5 Å². The van der Waals surface area contributed by atoms with Crippen LogP contribution in [0.2, 0.25) is 0 Å². The first-order valence-electron chi connectivity index (χ1n) is 20.3. The van der Waals surface area contributed by atoms with Gasteiger partial charge in [0, 0.05) is 39.2 Å². The van der Waals surface area contributed by atoms with E-state index in [1.807, 2.05) is 36.4 Å². The average molecular weight is 757 g/mol. The lowest BCUT2D eigenvalue weighted by molar-refractivity contribution is 0.660. The molecule has 0 N–H and O–H groups in total. The summed E-state index contributed by atoms with van der Waals surface area (Å²) in [5.74, 6) is 2.00. The van der Waals surface area contributed by atoms with Crippen LogP contribution in [0.15, 0.2) is 194 Å². The Kier molecular flexibility index (Phi) is 8.19. The van der Waals surface area contributed by atoms with Crippen LogP contribution in [0, 0.1) is 0 Å². The molecule has 8 aromatic carbocycles. The van der Waals surface area contributed by atoms with Crippen molar-refractivity contribution in [1.29, 1.82) is 0 Å². The number of hydrogen-bond acceptors (Lipinski definition) is 4. The Morgan fingerprint density at radius 3 is 1.56 bits per heavy atom. The zero-order valence-corrected chi connectivity index (χ0v) is 33.0. The highest BCUT2D eigenvalue weighted by molar-refractivity contribution is 5.92. The van der Waals surface area contributed by atoms with Crippen molar-refractivity contribution >= 4 is 17.1 Å². The van der Waals surface area contributed by atoms with Gasteiger partial charge >= 0.3 is 0 Å². The Morgan fingerprint density at radius 1 is 0.373 bits per heavy atom. The van der Waals surface area contributed by atoms with Crippen LogP contribution < -0.4 is 4.90 Å². The summed E-state index contributed by atoms with van der Waals surface area (Å²) in [6.07, 6.45) is 0.821. The van der Waals surface area contributed by atoms with Crippen molar-refractivity contribution in [3.8, 4) is 67.5 Å². The summed E-state index contributed by atoms with van der Waals surface area (Å²) in [5, 5.41) is 0. The molecule has 59 heavy (non-hydrogen) atoms. The van der Waals surface area contributed by atoms with Crippen LogP contribution in [-0.2, 0) is 11.8 Å². The molecule has 0 unspecified atom stereocenters. The molecule has 0 spiro atoms. The molecule has 11 rings (SSSR count). The molecule has 2 aliphatic rings. The quantitative estimate of drug-likeness (QED) is 0.162. The van der Waals surface area contributed by atoms with Crippen molar-refractivity contribution in [2.75, 3.05) is 4.90 Å². The van der Waals surface area contributed by atoms with Crippen LogP contribution >= 0.6 is 0 Å². The summed E-state index contributed by atoms with van der Waals surface area (Å²) in [5.41, 5.74) is 18.9. The predicted molar refractivity (Wildman–Crippen MR) is 242 cm³/mol. The molecule has 0 saturated carbocycles. The maximum atomic E-state index is 5.13. The first kappa shape index (κ1) is 34.8. The van der Waals surface area contributed by atoms with E-state index in [9.17, 15) is 0 Å². The SMILES string of the molecule is CC1(C)c2ccccc2-c2ccc(N(c3ccc(-c4ccccc4)cc3)c3ccc4c(c3)Cc3cccc(-c5nc(-c6ccccc6)nc(-c6ccccc6)n5)c3-4)cc21. The molecular weight excluding hydrogens is 717 g/mol. The van der Waals surface area contributed by atoms with Gasteiger partial charge in [0.15, 0.2) is 17.5 Å². The monoisotopic (exact) mass is 756 g/mol. The maximum absolute atomic E-state index is 5.13. The number of benzene rings is 8. The van der Waals surface area contributed by atoms with Crippen molar-refractivity contribution in [3.05, 3.63) is 216 Å². The van der Waals surface area contributed by atoms with Gasteiger partial charge in [-0.3, -0.25) is 0 Å². The number of nitrogens with zero attached hydrogens (tertiary/aromatic N) is 4. The Bertz CT molecular complexity index is 2970. The van der Waals surface area contributed by atoms with E-state index in [1.165, 1.54) is 55.6 Å². The van der Waals surface area contributed by atoms with E-state index in [1.54, 1.807) is 0 Å². The second-order valence-electron chi connectivity index (χ2n) is 16.0. The number of aromatic nitrogens is 3. The minimum atomic E-state index is -0.115. The molecule has 0 fully saturated rings. The molecular formula is C55H40N4. The summed E-state index contributed by atoms with van der Waals surface area (Å²) in [4.78, 5) is 17.6. The van der Waals surface area contributed by atoms with Crippen molar-refractivity contribution in [2.45, 2.75) is 25.7 Å². The lowest BCUT2D eigenvalue weighted by Crippen LogP contribution is -2.16. The van der Waals surface area contributed by atoms with Gasteiger partial charge < -0.3 is 4.90 Å². The number of hydrogen-bond donors (Lipinski definition) is 0. The fraction of sp³-hybridized carbons (Fsp3) is 0.0727. The third-order valence-electron chi connectivity index (χ3n) is 12.1. The van der Waals surface area contributed by atoms with E-state index in [0.29, 0.717) is 17.5 Å². The van der Waals surface area contributed by atoms with Crippen LogP contribution in [-0.4, -0.2) is 15.0 Å². The van der Waals surface area contributed by atoms with Gasteiger partial charge in [0.25, 0.3) is 0 Å². The summed E-state index contributed by atoms with van der Waals surface area (Å²) in [6, 6.07) is 69.3. The number of rotatable bonds is 7. The largest absolute Gasteiger partial charge is 0.310 e. The minimum Gasteiger partial charge on any atom is -0.310 e. The lowest BCUT2D eigenvalue weighted by Gasteiger charge is -2.28. The van der Waals surface area contributed by atoms with Crippen LogP contribution in [0.5, 0.6) is 0 Å². The molecule has 0 atom stereocenters. The normalized spacial score (nSPS) is 13.0. The third kappa shape index (κ3) is 5.95. The summed E-state index contributed by atoms with van der Waals surface area (Å²) in [7, 11) is 0.